The molecule has 0 bridgehead atoms. The molecule has 1 aliphatic rings. The smallest absolute Gasteiger partial charge is 0.292 e. The van der Waals surface area contributed by atoms with Crippen molar-refractivity contribution in [3.63, 3.8) is 0 Å². The second-order valence-electron chi connectivity index (χ2n) is 5.51. The Morgan fingerprint density at radius 1 is 1.48 bits per heavy atom. The number of primary amides is 1. The molecule has 2 unspecified atom stereocenters. The molecule has 1 saturated heterocycles. The lowest BCUT2D eigenvalue weighted by Gasteiger charge is -2.39. The maximum atomic E-state index is 11.3. The highest BCUT2D eigenvalue weighted by Crippen LogP contribution is 2.34. The molecule has 1 aromatic carbocycles. The Hall–Kier alpha value is -2.15. The van der Waals surface area contributed by atoms with Gasteiger partial charge < -0.3 is 16.4 Å². The van der Waals surface area contributed by atoms with Crippen LogP contribution in [0.15, 0.2) is 18.2 Å². The standard InChI is InChI=1S/C14H20N4O3/c1-9-2-3-10(7-15)8-17(9)13-6-11(14(16)19)4-5-12(13)18(20)21/h4-6,9-10H,2-3,7-8,15H2,1H3,(H2,16,19). The second-order valence-corrected chi connectivity index (χ2v) is 5.51. The van der Waals surface area contributed by atoms with E-state index >= 15 is 0 Å². The highest BCUT2D eigenvalue weighted by Gasteiger charge is 2.30. The quantitative estimate of drug-likeness (QED) is 0.640. The normalized spacial score (nSPS) is 22.1. The summed E-state index contributed by atoms with van der Waals surface area (Å²) < 4.78 is 0. The van der Waals surface area contributed by atoms with Crippen LogP contribution in [0.25, 0.3) is 0 Å². The number of nitro groups is 1. The fraction of sp³-hybridized carbons (Fsp3) is 0.500. The molecule has 1 fully saturated rings. The number of nitrogens with zero attached hydrogens (tertiary/aromatic N) is 2. The third-order valence-electron chi connectivity index (χ3n) is 4.08. The average Bonchev–Trinajstić information content (AvgIpc) is 2.47. The fourth-order valence-corrected chi connectivity index (χ4v) is 2.77. The van der Waals surface area contributed by atoms with Gasteiger partial charge in [-0.3, -0.25) is 14.9 Å². The number of benzene rings is 1. The summed E-state index contributed by atoms with van der Waals surface area (Å²) in [6, 6.07) is 4.40. The molecule has 1 amide bonds. The predicted octanol–water partition coefficient (Wildman–Crippen LogP) is 1.26. The minimum atomic E-state index is -0.591. The van der Waals surface area contributed by atoms with Gasteiger partial charge in [-0.2, -0.15) is 0 Å². The molecule has 4 N–H and O–H groups in total. The molecule has 21 heavy (non-hydrogen) atoms. The summed E-state index contributed by atoms with van der Waals surface area (Å²) in [4.78, 5) is 24.1. The maximum absolute atomic E-state index is 11.3. The van der Waals surface area contributed by atoms with Gasteiger partial charge in [-0.1, -0.05) is 0 Å². The lowest BCUT2D eigenvalue weighted by Crippen LogP contribution is -2.44. The van der Waals surface area contributed by atoms with E-state index in [0.29, 0.717) is 24.7 Å². The minimum Gasteiger partial charge on any atom is -0.366 e. The van der Waals surface area contributed by atoms with E-state index in [1.165, 1.54) is 18.2 Å². The van der Waals surface area contributed by atoms with Crippen LogP contribution in [0.5, 0.6) is 0 Å². The summed E-state index contributed by atoms with van der Waals surface area (Å²) in [6.45, 7) is 3.22. The lowest BCUT2D eigenvalue weighted by molar-refractivity contribution is -0.384. The number of piperidine rings is 1. The number of rotatable bonds is 4. The molecule has 7 nitrogen and oxygen atoms in total. The molecule has 0 aliphatic carbocycles. The van der Waals surface area contributed by atoms with E-state index < -0.39 is 10.8 Å². The third kappa shape index (κ3) is 3.13. The number of anilines is 1. The third-order valence-corrected chi connectivity index (χ3v) is 4.08. The highest BCUT2D eigenvalue weighted by molar-refractivity contribution is 5.94. The van der Waals surface area contributed by atoms with Gasteiger partial charge in [0, 0.05) is 24.2 Å². The molecule has 0 saturated carbocycles. The molecule has 0 spiro atoms. The van der Waals surface area contributed by atoms with Gasteiger partial charge in [-0.05, 0) is 44.4 Å². The minimum absolute atomic E-state index is 0.00970. The zero-order valence-electron chi connectivity index (χ0n) is 12.0. The summed E-state index contributed by atoms with van der Waals surface area (Å²) in [7, 11) is 0. The topological polar surface area (TPSA) is 115 Å². The van der Waals surface area contributed by atoms with E-state index in [-0.39, 0.29) is 17.3 Å². The van der Waals surface area contributed by atoms with Gasteiger partial charge in [0.1, 0.15) is 5.69 Å². The first-order valence-corrected chi connectivity index (χ1v) is 6.99. The molecular weight excluding hydrogens is 272 g/mol. The van der Waals surface area contributed by atoms with Crippen molar-refractivity contribution >= 4 is 17.3 Å². The molecule has 114 valence electrons. The maximum Gasteiger partial charge on any atom is 0.292 e. The Balaban J connectivity index is 2.45. The summed E-state index contributed by atoms with van der Waals surface area (Å²) in [6.07, 6.45) is 1.93. The van der Waals surface area contributed by atoms with E-state index in [9.17, 15) is 14.9 Å². The van der Waals surface area contributed by atoms with Crippen LogP contribution in [0, 0.1) is 16.0 Å². The molecule has 2 rings (SSSR count). The number of carbonyl (C=O) groups excluding carboxylic acids is 1. The van der Waals surface area contributed by atoms with Crippen LogP contribution in [0.2, 0.25) is 0 Å². The number of carbonyl (C=O) groups is 1. The zero-order valence-corrected chi connectivity index (χ0v) is 12.0. The molecule has 7 heteroatoms. The summed E-state index contributed by atoms with van der Waals surface area (Å²) in [5, 5.41) is 11.2. The SMILES string of the molecule is CC1CCC(CN)CN1c1cc(C(N)=O)ccc1[N+](=O)[O-]. The monoisotopic (exact) mass is 292 g/mol. The Morgan fingerprint density at radius 2 is 2.19 bits per heavy atom. The number of hydrogen-bond acceptors (Lipinski definition) is 5. The molecule has 0 radical (unpaired) electrons. The summed E-state index contributed by atoms with van der Waals surface area (Å²) >= 11 is 0. The fourth-order valence-electron chi connectivity index (χ4n) is 2.77. The molecule has 2 atom stereocenters. The van der Waals surface area contributed by atoms with Crippen LogP contribution in [-0.4, -0.2) is 30.0 Å². The number of hydrogen-bond donors (Lipinski definition) is 2. The predicted molar refractivity (Wildman–Crippen MR) is 80.2 cm³/mol. The van der Waals surface area contributed by atoms with Crippen molar-refractivity contribution in [1.82, 2.24) is 0 Å². The van der Waals surface area contributed by atoms with Crippen molar-refractivity contribution in [2.75, 3.05) is 18.0 Å². The van der Waals surface area contributed by atoms with Crippen LogP contribution in [0.4, 0.5) is 11.4 Å². The number of nitro benzene ring substituents is 1. The van der Waals surface area contributed by atoms with E-state index in [0.717, 1.165) is 12.8 Å². The largest absolute Gasteiger partial charge is 0.366 e. The van der Waals surface area contributed by atoms with Gasteiger partial charge in [0.15, 0.2) is 0 Å². The molecule has 1 heterocycles. The molecule has 1 aromatic rings. The lowest BCUT2D eigenvalue weighted by atomic mass is 9.92. The second kappa shape index (κ2) is 6.09. The van der Waals surface area contributed by atoms with Crippen molar-refractivity contribution in [2.24, 2.45) is 17.4 Å². The zero-order chi connectivity index (χ0) is 15.6. The van der Waals surface area contributed by atoms with Crippen molar-refractivity contribution in [3.8, 4) is 0 Å². The van der Waals surface area contributed by atoms with Crippen LogP contribution < -0.4 is 16.4 Å². The van der Waals surface area contributed by atoms with Crippen molar-refractivity contribution in [3.05, 3.63) is 33.9 Å². The van der Waals surface area contributed by atoms with Gasteiger partial charge >= 0.3 is 0 Å². The van der Waals surface area contributed by atoms with Crippen molar-refractivity contribution in [1.29, 1.82) is 0 Å². The first-order chi connectivity index (χ1) is 9.93. The summed E-state index contributed by atoms with van der Waals surface area (Å²) in [5.74, 6) is -0.288. The Labute approximate surface area is 123 Å². The van der Waals surface area contributed by atoms with E-state index in [4.69, 9.17) is 11.5 Å². The molecule has 0 aromatic heterocycles. The van der Waals surface area contributed by atoms with Crippen LogP contribution in [-0.2, 0) is 0 Å². The Bertz CT molecular complexity index is 561. The van der Waals surface area contributed by atoms with Crippen LogP contribution in [0.1, 0.15) is 30.1 Å². The van der Waals surface area contributed by atoms with Gasteiger partial charge in [-0.25, -0.2) is 0 Å². The molecule has 1 aliphatic heterocycles. The van der Waals surface area contributed by atoms with Crippen LogP contribution >= 0.6 is 0 Å². The van der Waals surface area contributed by atoms with Crippen molar-refractivity contribution < 1.29 is 9.72 Å². The highest BCUT2D eigenvalue weighted by atomic mass is 16.6. The summed E-state index contributed by atoms with van der Waals surface area (Å²) in [5.41, 5.74) is 11.7. The Morgan fingerprint density at radius 3 is 2.76 bits per heavy atom. The van der Waals surface area contributed by atoms with Gasteiger partial charge in [0.05, 0.1) is 4.92 Å². The number of nitrogens with two attached hydrogens (primary N) is 2. The van der Waals surface area contributed by atoms with Gasteiger partial charge in [0.2, 0.25) is 5.91 Å². The van der Waals surface area contributed by atoms with Gasteiger partial charge in [-0.15, -0.1) is 0 Å². The van der Waals surface area contributed by atoms with E-state index in [2.05, 4.69) is 0 Å². The van der Waals surface area contributed by atoms with Gasteiger partial charge in [0.25, 0.3) is 5.69 Å². The van der Waals surface area contributed by atoms with E-state index in [1.807, 2.05) is 11.8 Å². The Kier molecular flexibility index (Phi) is 4.42. The first kappa shape index (κ1) is 15.2. The molecular formula is C14H20N4O3. The average molecular weight is 292 g/mol. The first-order valence-electron chi connectivity index (χ1n) is 6.99. The van der Waals surface area contributed by atoms with E-state index in [1.54, 1.807) is 0 Å². The van der Waals surface area contributed by atoms with Crippen LogP contribution in [0.3, 0.4) is 0 Å². The van der Waals surface area contributed by atoms with Crippen molar-refractivity contribution in [2.45, 2.75) is 25.8 Å². The number of amides is 1.